The van der Waals surface area contributed by atoms with Crippen molar-refractivity contribution >= 4 is 28.9 Å². The van der Waals surface area contributed by atoms with E-state index in [0.29, 0.717) is 11.3 Å². The number of para-hydroxylation sites is 1. The molecule has 5 aromatic rings. The summed E-state index contributed by atoms with van der Waals surface area (Å²) in [4.78, 5) is 45.6. The number of hydrogen-bond donors (Lipinski definition) is 3. The number of hydrogen-bond acceptors (Lipinski definition) is 8. The van der Waals surface area contributed by atoms with Crippen molar-refractivity contribution in [3.63, 3.8) is 0 Å². The van der Waals surface area contributed by atoms with Gasteiger partial charge < -0.3 is 39.3 Å². The molecule has 250 valence electrons. The molecule has 0 radical (unpaired) electrons. The second-order valence-electron chi connectivity index (χ2n) is 12.0. The van der Waals surface area contributed by atoms with Crippen LogP contribution in [-0.2, 0) is 25.5 Å². The zero-order valence-electron chi connectivity index (χ0n) is 27.2. The summed E-state index contributed by atoms with van der Waals surface area (Å²) in [6.07, 6.45) is -0.594. The minimum absolute atomic E-state index is 0.0801. The Kier molecular flexibility index (Phi) is 8.33. The van der Waals surface area contributed by atoms with Crippen molar-refractivity contribution in [1.29, 1.82) is 0 Å². The molecule has 0 bridgehead atoms. The quantitative estimate of drug-likeness (QED) is 0.187. The molecule has 7 rings (SSSR count). The second kappa shape index (κ2) is 12.9. The number of ether oxygens (including phenoxy) is 4. The molecule has 11 nitrogen and oxygen atoms in total. The number of phenols is 1. The number of alkyl carbamates (subject to hydrolysis) is 1. The predicted octanol–water partition coefficient (Wildman–Crippen LogP) is 5.45. The Balaban J connectivity index is 1.19. The molecule has 11 heteroatoms. The van der Waals surface area contributed by atoms with Crippen LogP contribution in [0.25, 0.3) is 22.0 Å². The Hall–Kier alpha value is -5.97. The van der Waals surface area contributed by atoms with Gasteiger partial charge in [-0.1, -0.05) is 66.7 Å². The number of amides is 2. The molecule has 2 amide bonds. The number of carbonyl (C=O) groups excluding carboxylic acids is 3. The maximum atomic E-state index is 14.2. The van der Waals surface area contributed by atoms with Crippen LogP contribution in [0.15, 0.2) is 84.9 Å². The van der Waals surface area contributed by atoms with Gasteiger partial charge in [0.25, 0.3) is 0 Å². The molecule has 0 saturated carbocycles. The highest BCUT2D eigenvalue weighted by atomic mass is 16.5. The monoisotopic (exact) mass is 661 g/mol. The number of carbonyl (C=O) groups is 3. The van der Waals surface area contributed by atoms with E-state index in [1.54, 1.807) is 12.1 Å². The zero-order valence-corrected chi connectivity index (χ0v) is 27.2. The summed E-state index contributed by atoms with van der Waals surface area (Å²) in [7, 11) is 4.09. The summed E-state index contributed by atoms with van der Waals surface area (Å²) in [6.45, 7) is -0.376. The number of aromatic hydroxyl groups is 1. The first kappa shape index (κ1) is 31.6. The average molecular weight is 662 g/mol. The van der Waals surface area contributed by atoms with E-state index < -0.39 is 36.6 Å². The van der Waals surface area contributed by atoms with Crippen molar-refractivity contribution in [2.45, 2.75) is 24.4 Å². The van der Waals surface area contributed by atoms with Gasteiger partial charge in [-0.05, 0) is 51.6 Å². The highest BCUT2D eigenvalue weighted by Gasteiger charge is 2.44. The molecule has 49 heavy (non-hydrogen) atoms. The molecular weight excluding hydrogens is 626 g/mol. The molecule has 0 saturated heterocycles. The van der Waals surface area contributed by atoms with Crippen molar-refractivity contribution in [3.05, 3.63) is 113 Å². The normalized spacial score (nSPS) is 16.3. The van der Waals surface area contributed by atoms with Crippen LogP contribution in [-0.4, -0.2) is 73.5 Å². The predicted molar refractivity (Wildman–Crippen MR) is 181 cm³/mol. The van der Waals surface area contributed by atoms with E-state index in [-0.39, 0.29) is 36.2 Å². The van der Waals surface area contributed by atoms with Crippen molar-refractivity contribution in [2.24, 2.45) is 0 Å². The van der Waals surface area contributed by atoms with Crippen LogP contribution < -0.4 is 14.8 Å². The SMILES string of the molecule is COC(=O)[C@@H]1Cc2c([nH]c3ccccc23)[C@@H](c2cc(OC)c(O)c(OC)c2)N1C(=O)CNC(=O)OCC1c2ccccc2-c2ccccc21. The maximum Gasteiger partial charge on any atom is 0.407 e. The zero-order chi connectivity index (χ0) is 34.2. The minimum Gasteiger partial charge on any atom is -0.502 e. The van der Waals surface area contributed by atoms with E-state index in [1.165, 1.54) is 26.2 Å². The highest BCUT2D eigenvalue weighted by molar-refractivity contribution is 5.92. The average Bonchev–Trinajstić information content (AvgIpc) is 3.67. The van der Waals surface area contributed by atoms with Crippen molar-refractivity contribution < 1.29 is 38.4 Å². The highest BCUT2D eigenvalue weighted by Crippen LogP contribution is 2.47. The third kappa shape index (κ3) is 5.46. The number of methoxy groups -OCH3 is 3. The van der Waals surface area contributed by atoms with Gasteiger partial charge in [-0.2, -0.15) is 0 Å². The van der Waals surface area contributed by atoms with Gasteiger partial charge in [0.15, 0.2) is 11.5 Å². The molecule has 0 unspecified atom stereocenters. The largest absolute Gasteiger partial charge is 0.502 e. The lowest BCUT2D eigenvalue weighted by Crippen LogP contribution is -2.54. The molecule has 2 atom stereocenters. The van der Waals surface area contributed by atoms with Crippen LogP contribution in [0.2, 0.25) is 0 Å². The van der Waals surface area contributed by atoms with E-state index in [9.17, 15) is 19.5 Å². The fourth-order valence-corrected chi connectivity index (χ4v) is 7.22. The fourth-order valence-electron chi connectivity index (χ4n) is 7.22. The van der Waals surface area contributed by atoms with Gasteiger partial charge in [0.1, 0.15) is 19.2 Å². The lowest BCUT2D eigenvalue weighted by Gasteiger charge is -2.41. The van der Waals surface area contributed by atoms with Crippen molar-refractivity contribution in [3.8, 4) is 28.4 Å². The number of H-pyrrole nitrogens is 1. The summed E-state index contributed by atoms with van der Waals surface area (Å²) >= 11 is 0. The summed E-state index contributed by atoms with van der Waals surface area (Å²) in [5, 5.41) is 14.2. The number of benzene rings is 4. The number of esters is 1. The van der Waals surface area contributed by atoms with E-state index in [4.69, 9.17) is 18.9 Å². The first-order valence-corrected chi connectivity index (χ1v) is 15.9. The number of aromatic nitrogens is 1. The van der Waals surface area contributed by atoms with Crippen LogP contribution in [0.4, 0.5) is 4.79 Å². The first-order valence-electron chi connectivity index (χ1n) is 15.9. The summed E-state index contributed by atoms with van der Waals surface area (Å²) in [5.41, 5.74) is 7.18. The second-order valence-corrected chi connectivity index (χ2v) is 12.0. The molecule has 0 spiro atoms. The molecule has 2 heterocycles. The van der Waals surface area contributed by atoms with E-state index in [0.717, 1.165) is 38.7 Å². The van der Waals surface area contributed by atoms with Gasteiger partial charge in [0.05, 0.1) is 27.4 Å². The van der Waals surface area contributed by atoms with Crippen molar-refractivity contribution in [2.75, 3.05) is 34.5 Å². The van der Waals surface area contributed by atoms with Gasteiger partial charge >= 0.3 is 12.1 Å². The van der Waals surface area contributed by atoms with Crippen LogP contribution in [0.3, 0.4) is 0 Å². The number of fused-ring (bicyclic) bond motifs is 6. The molecule has 1 aliphatic heterocycles. The van der Waals surface area contributed by atoms with Crippen LogP contribution in [0.5, 0.6) is 17.2 Å². The third-order valence-electron chi connectivity index (χ3n) is 9.44. The number of aromatic amines is 1. The Morgan fingerprint density at radius 3 is 2.12 bits per heavy atom. The molecule has 2 aliphatic rings. The number of nitrogens with zero attached hydrogens (tertiary/aromatic N) is 1. The topological polar surface area (TPSA) is 139 Å². The van der Waals surface area contributed by atoms with Gasteiger partial charge in [0.2, 0.25) is 11.7 Å². The van der Waals surface area contributed by atoms with Gasteiger partial charge in [-0.15, -0.1) is 0 Å². The number of nitrogens with one attached hydrogen (secondary N) is 2. The number of phenolic OH excluding ortho intramolecular Hbond substituents is 1. The maximum absolute atomic E-state index is 14.2. The van der Waals surface area contributed by atoms with Crippen LogP contribution in [0, 0.1) is 0 Å². The Labute approximate surface area is 282 Å². The third-order valence-corrected chi connectivity index (χ3v) is 9.44. The summed E-state index contributed by atoms with van der Waals surface area (Å²) in [6, 6.07) is 25.0. The van der Waals surface area contributed by atoms with Crippen LogP contribution in [0.1, 0.15) is 39.9 Å². The fraction of sp³-hybridized carbons (Fsp3) is 0.237. The van der Waals surface area contributed by atoms with Gasteiger partial charge in [0, 0.05) is 28.9 Å². The Morgan fingerprint density at radius 1 is 0.878 bits per heavy atom. The van der Waals surface area contributed by atoms with Gasteiger partial charge in [-0.25, -0.2) is 9.59 Å². The number of rotatable bonds is 8. The molecule has 1 aliphatic carbocycles. The first-order chi connectivity index (χ1) is 23.8. The van der Waals surface area contributed by atoms with E-state index >= 15 is 0 Å². The minimum atomic E-state index is -1.04. The van der Waals surface area contributed by atoms with Crippen LogP contribution >= 0.6 is 0 Å². The molecule has 1 aromatic heterocycles. The molecule has 4 aromatic carbocycles. The van der Waals surface area contributed by atoms with Crippen molar-refractivity contribution in [1.82, 2.24) is 15.2 Å². The molecule has 0 fully saturated rings. The summed E-state index contributed by atoms with van der Waals surface area (Å²) in [5.74, 6) is -1.28. The Morgan fingerprint density at radius 2 is 1.49 bits per heavy atom. The molecular formula is C38H35N3O8. The lowest BCUT2D eigenvalue weighted by atomic mass is 9.87. The van der Waals surface area contributed by atoms with E-state index in [1.807, 2.05) is 60.7 Å². The van der Waals surface area contributed by atoms with Gasteiger partial charge in [-0.3, -0.25) is 4.79 Å². The molecule has 3 N–H and O–H groups in total. The smallest absolute Gasteiger partial charge is 0.407 e. The van der Waals surface area contributed by atoms with E-state index in [2.05, 4.69) is 22.4 Å². The standard InChI is InChI=1S/C38H35N3O8/c1-46-31-16-21(17-32(47-2)36(31)43)35-34-27(26-14-8-9-15-29(26)40-34)18-30(37(44)48-3)41(35)33(42)19-39-38(45)49-20-28-24-12-6-4-10-22(24)23-11-5-7-13-25(23)28/h4-17,28,30,35,40,43H,18-20H2,1-3H3,(H,39,45)/t30-,35+/m0/s1. The lowest BCUT2D eigenvalue weighted by molar-refractivity contribution is -0.154. The Bertz CT molecular complexity index is 2020. The summed E-state index contributed by atoms with van der Waals surface area (Å²) < 4.78 is 21.8.